The minimum absolute atomic E-state index is 0.534. The highest BCUT2D eigenvalue weighted by Crippen LogP contribution is 2.25. The molecule has 6 nitrogen and oxygen atoms in total. The first kappa shape index (κ1) is 14.3. The van der Waals surface area contributed by atoms with E-state index < -0.39 is 0 Å². The van der Waals surface area contributed by atoms with E-state index in [2.05, 4.69) is 27.5 Å². The average molecular weight is 290 g/mol. The van der Waals surface area contributed by atoms with Gasteiger partial charge in [0.05, 0.1) is 12.1 Å². The molecule has 0 saturated carbocycles. The van der Waals surface area contributed by atoms with Crippen molar-refractivity contribution in [3.63, 3.8) is 0 Å². The van der Waals surface area contributed by atoms with Crippen LogP contribution in [0.2, 0.25) is 0 Å². The Morgan fingerprint density at radius 1 is 1.33 bits per heavy atom. The van der Waals surface area contributed by atoms with Crippen molar-refractivity contribution in [3.05, 3.63) is 23.5 Å². The quantitative estimate of drug-likeness (QED) is 0.910. The van der Waals surface area contributed by atoms with Crippen molar-refractivity contribution in [3.8, 4) is 11.5 Å². The summed E-state index contributed by atoms with van der Waals surface area (Å²) in [6, 6.07) is 2.51. The lowest BCUT2D eigenvalue weighted by Gasteiger charge is -2.19. The Hall–Kier alpha value is -1.66. The number of hydrogen-bond acceptors (Lipinski definition) is 6. The molecule has 0 aromatic carbocycles. The molecule has 114 valence electrons. The first-order valence-electron chi connectivity index (χ1n) is 7.43. The van der Waals surface area contributed by atoms with E-state index in [4.69, 9.17) is 8.83 Å². The van der Waals surface area contributed by atoms with Crippen LogP contribution in [-0.4, -0.2) is 41.3 Å². The zero-order chi connectivity index (χ0) is 14.8. The van der Waals surface area contributed by atoms with Crippen LogP contribution in [0, 0.1) is 13.8 Å². The van der Waals surface area contributed by atoms with Gasteiger partial charge in [-0.15, -0.1) is 10.2 Å². The van der Waals surface area contributed by atoms with E-state index in [1.807, 2.05) is 19.9 Å². The fraction of sp³-hybridized carbons (Fsp3) is 0.600. The van der Waals surface area contributed by atoms with Gasteiger partial charge in [-0.2, -0.15) is 0 Å². The number of nitrogens with one attached hydrogen (secondary N) is 1. The van der Waals surface area contributed by atoms with Crippen molar-refractivity contribution in [2.75, 3.05) is 20.1 Å². The maximum Gasteiger partial charge on any atom is 0.251 e. The van der Waals surface area contributed by atoms with E-state index in [0.29, 0.717) is 24.4 Å². The molecule has 1 aliphatic heterocycles. The predicted octanol–water partition coefficient (Wildman–Crippen LogP) is 2.13. The lowest BCUT2D eigenvalue weighted by atomic mass is 10.2. The number of aromatic nitrogens is 2. The molecule has 21 heavy (non-hydrogen) atoms. The average Bonchev–Trinajstić information content (AvgIpc) is 3.12. The summed E-state index contributed by atoms with van der Waals surface area (Å²) in [5.74, 6) is 2.84. The summed E-state index contributed by atoms with van der Waals surface area (Å²) >= 11 is 0. The molecule has 1 aliphatic rings. The predicted molar refractivity (Wildman–Crippen MR) is 78.8 cm³/mol. The Kier molecular flexibility index (Phi) is 4.07. The summed E-state index contributed by atoms with van der Waals surface area (Å²) < 4.78 is 11.3. The van der Waals surface area contributed by atoms with E-state index in [1.54, 1.807) is 0 Å². The molecule has 1 unspecified atom stereocenters. The molecular formula is C15H22N4O2. The van der Waals surface area contributed by atoms with Gasteiger partial charge in [0.2, 0.25) is 5.89 Å². The lowest BCUT2D eigenvalue weighted by molar-refractivity contribution is 0.265. The van der Waals surface area contributed by atoms with Crippen LogP contribution >= 0.6 is 0 Å². The maximum atomic E-state index is 5.75. The van der Waals surface area contributed by atoms with Gasteiger partial charge in [0.15, 0.2) is 0 Å². The van der Waals surface area contributed by atoms with Gasteiger partial charge in [0.1, 0.15) is 11.5 Å². The molecule has 2 aromatic heterocycles. The van der Waals surface area contributed by atoms with Crippen LogP contribution in [0.25, 0.3) is 11.5 Å². The summed E-state index contributed by atoms with van der Waals surface area (Å²) in [6.07, 6.45) is 2.51. The summed E-state index contributed by atoms with van der Waals surface area (Å²) in [5, 5.41) is 11.8. The SMILES string of the molecule is Cc1cc(-c2nnc(CN(C)CC3CCCN3)o2)c(C)o1. The third kappa shape index (κ3) is 3.33. The topological polar surface area (TPSA) is 67.3 Å². The Morgan fingerprint density at radius 3 is 2.86 bits per heavy atom. The molecule has 3 heterocycles. The van der Waals surface area contributed by atoms with Crippen molar-refractivity contribution in [2.45, 2.75) is 39.3 Å². The van der Waals surface area contributed by atoms with Crippen LogP contribution in [-0.2, 0) is 6.54 Å². The van der Waals surface area contributed by atoms with Gasteiger partial charge in [-0.3, -0.25) is 4.90 Å². The van der Waals surface area contributed by atoms with Crippen molar-refractivity contribution in [2.24, 2.45) is 0 Å². The second-order valence-corrected chi connectivity index (χ2v) is 5.82. The van der Waals surface area contributed by atoms with Crippen molar-refractivity contribution in [1.29, 1.82) is 0 Å². The molecule has 1 fully saturated rings. The van der Waals surface area contributed by atoms with E-state index in [1.165, 1.54) is 12.8 Å². The third-order valence-corrected chi connectivity index (χ3v) is 3.84. The lowest BCUT2D eigenvalue weighted by Crippen LogP contribution is -2.35. The summed E-state index contributed by atoms with van der Waals surface area (Å²) in [5.41, 5.74) is 0.881. The van der Waals surface area contributed by atoms with E-state index >= 15 is 0 Å². The van der Waals surface area contributed by atoms with Crippen LogP contribution < -0.4 is 5.32 Å². The van der Waals surface area contributed by atoms with Gasteiger partial charge in [-0.1, -0.05) is 0 Å². The Balaban J connectivity index is 1.63. The zero-order valence-electron chi connectivity index (χ0n) is 12.8. The molecule has 0 bridgehead atoms. The number of furan rings is 1. The fourth-order valence-corrected chi connectivity index (χ4v) is 2.85. The van der Waals surface area contributed by atoms with Crippen molar-refractivity contribution >= 4 is 0 Å². The van der Waals surface area contributed by atoms with E-state index in [0.717, 1.165) is 30.2 Å². The number of likely N-dealkylation sites (N-methyl/N-ethyl adjacent to an activating group) is 1. The Morgan fingerprint density at radius 2 is 2.19 bits per heavy atom. The van der Waals surface area contributed by atoms with Crippen LogP contribution in [0.15, 0.2) is 14.9 Å². The second-order valence-electron chi connectivity index (χ2n) is 5.82. The molecule has 2 aromatic rings. The monoisotopic (exact) mass is 290 g/mol. The number of aryl methyl sites for hydroxylation is 2. The van der Waals surface area contributed by atoms with Crippen LogP contribution in [0.3, 0.4) is 0 Å². The van der Waals surface area contributed by atoms with Gasteiger partial charge in [-0.25, -0.2) is 0 Å². The Labute approximate surface area is 124 Å². The minimum Gasteiger partial charge on any atom is -0.466 e. The molecule has 0 radical (unpaired) electrons. The Bertz CT molecular complexity index is 599. The summed E-state index contributed by atoms with van der Waals surface area (Å²) in [6.45, 7) is 6.62. The van der Waals surface area contributed by atoms with Gasteiger partial charge in [0, 0.05) is 12.6 Å². The van der Waals surface area contributed by atoms with Crippen LogP contribution in [0.5, 0.6) is 0 Å². The van der Waals surface area contributed by atoms with E-state index in [9.17, 15) is 0 Å². The minimum atomic E-state index is 0.534. The number of nitrogens with zero attached hydrogens (tertiary/aromatic N) is 3. The summed E-state index contributed by atoms with van der Waals surface area (Å²) in [7, 11) is 2.08. The highest BCUT2D eigenvalue weighted by molar-refractivity contribution is 5.55. The molecule has 0 aliphatic carbocycles. The largest absolute Gasteiger partial charge is 0.466 e. The normalized spacial score (nSPS) is 18.8. The first-order valence-corrected chi connectivity index (χ1v) is 7.43. The molecule has 3 rings (SSSR count). The molecule has 1 N–H and O–H groups in total. The molecule has 0 amide bonds. The number of hydrogen-bond donors (Lipinski definition) is 1. The molecule has 6 heteroatoms. The number of rotatable bonds is 5. The molecule has 1 atom stereocenters. The maximum absolute atomic E-state index is 5.75. The van der Waals surface area contributed by atoms with Gasteiger partial charge < -0.3 is 14.2 Å². The van der Waals surface area contributed by atoms with Gasteiger partial charge in [-0.05, 0) is 46.3 Å². The van der Waals surface area contributed by atoms with Gasteiger partial charge >= 0.3 is 0 Å². The van der Waals surface area contributed by atoms with Crippen molar-refractivity contribution in [1.82, 2.24) is 20.4 Å². The molecule has 0 spiro atoms. The summed E-state index contributed by atoms with van der Waals surface area (Å²) in [4.78, 5) is 2.22. The van der Waals surface area contributed by atoms with E-state index in [-0.39, 0.29) is 0 Å². The highest BCUT2D eigenvalue weighted by Gasteiger charge is 2.18. The molecule has 1 saturated heterocycles. The van der Waals surface area contributed by atoms with Crippen LogP contribution in [0.1, 0.15) is 30.3 Å². The smallest absolute Gasteiger partial charge is 0.251 e. The highest BCUT2D eigenvalue weighted by atomic mass is 16.4. The zero-order valence-corrected chi connectivity index (χ0v) is 12.8. The van der Waals surface area contributed by atoms with Crippen LogP contribution in [0.4, 0.5) is 0 Å². The first-order chi connectivity index (χ1) is 10.1. The van der Waals surface area contributed by atoms with Crippen molar-refractivity contribution < 1.29 is 8.83 Å². The standard InChI is InChI=1S/C15H22N4O2/c1-10-7-13(11(2)20-10)15-18-17-14(21-15)9-19(3)8-12-5-4-6-16-12/h7,12,16H,4-6,8-9H2,1-3H3. The molecular weight excluding hydrogens is 268 g/mol. The third-order valence-electron chi connectivity index (χ3n) is 3.84. The van der Waals surface area contributed by atoms with Gasteiger partial charge in [0.25, 0.3) is 5.89 Å². The second kappa shape index (κ2) is 5.99. The fourth-order valence-electron chi connectivity index (χ4n) is 2.85.